The summed E-state index contributed by atoms with van der Waals surface area (Å²) in [5, 5.41) is 3.98. The highest BCUT2D eigenvalue weighted by Crippen LogP contribution is 2.26. The number of sulfonamides is 1. The van der Waals surface area contributed by atoms with Crippen LogP contribution in [0.15, 0.2) is 40.0 Å². The second-order valence-corrected chi connectivity index (χ2v) is 9.10. The maximum Gasteiger partial charge on any atom is 0.274 e. The number of nitrogens with zero attached hydrogens (tertiary/aromatic N) is 4. The van der Waals surface area contributed by atoms with E-state index in [1.54, 1.807) is 17.0 Å². The summed E-state index contributed by atoms with van der Waals surface area (Å²) >= 11 is 0. The predicted octanol–water partition coefficient (Wildman–Crippen LogP) is 0.416. The number of rotatable bonds is 3. The first-order chi connectivity index (χ1) is 13.4. The topological polar surface area (TPSA) is 92.6 Å². The van der Waals surface area contributed by atoms with E-state index in [0.29, 0.717) is 4.90 Å². The molecule has 1 saturated heterocycles. The Hall–Kier alpha value is -2.52. The molecule has 0 atom stereocenters. The Balaban J connectivity index is 1.46. The average Bonchev–Trinajstić information content (AvgIpc) is 3.17. The molecule has 1 fully saturated rings. The number of carbonyl (C=O) groups is 1. The lowest BCUT2D eigenvalue weighted by atomic mass is 10.1. The summed E-state index contributed by atoms with van der Waals surface area (Å²) in [6.07, 6.45) is 3.00. The van der Waals surface area contributed by atoms with E-state index in [1.165, 1.54) is 29.0 Å². The molecule has 0 bridgehead atoms. The number of carbonyl (C=O) groups excluding carboxylic acids is 1. The third kappa shape index (κ3) is 3.35. The van der Waals surface area contributed by atoms with E-state index in [1.807, 2.05) is 6.07 Å². The molecule has 1 aromatic heterocycles. The molecule has 1 aromatic carbocycles. The van der Waals surface area contributed by atoms with Gasteiger partial charge in [0, 0.05) is 39.3 Å². The number of fused-ring (bicyclic) bond motifs is 1. The third-order valence-corrected chi connectivity index (χ3v) is 7.31. The van der Waals surface area contributed by atoms with Crippen LogP contribution in [0.2, 0.25) is 0 Å². The van der Waals surface area contributed by atoms with Crippen LogP contribution in [0, 0.1) is 0 Å². The van der Waals surface area contributed by atoms with Gasteiger partial charge in [-0.25, -0.2) is 13.1 Å². The molecule has 2 heterocycles. The van der Waals surface area contributed by atoms with Crippen molar-refractivity contribution in [2.24, 2.45) is 7.05 Å². The van der Waals surface area contributed by atoms with Gasteiger partial charge in [-0.3, -0.25) is 9.59 Å². The summed E-state index contributed by atoms with van der Waals surface area (Å²) in [5.74, 6) is -0.301. The number of aryl methyl sites for hydroxylation is 3. The van der Waals surface area contributed by atoms with Crippen molar-refractivity contribution in [1.82, 2.24) is 19.0 Å². The molecule has 1 amide bonds. The van der Waals surface area contributed by atoms with Crippen molar-refractivity contribution >= 4 is 15.9 Å². The third-order valence-electron chi connectivity index (χ3n) is 5.41. The summed E-state index contributed by atoms with van der Waals surface area (Å²) in [6.45, 7) is 1.04. The normalized spacial score (nSPS) is 17.5. The van der Waals surface area contributed by atoms with Crippen molar-refractivity contribution in [2.75, 3.05) is 26.2 Å². The second kappa shape index (κ2) is 7.14. The number of aromatic nitrogens is 2. The molecule has 4 rings (SSSR count). The smallest absolute Gasteiger partial charge is 0.274 e. The Morgan fingerprint density at radius 3 is 2.43 bits per heavy atom. The lowest BCUT2D eigenvalue weighted by Gasteiger charge is -2.33. The second-order valence-electron chi connectivity index (χ2n) is 7.16. The molecule has 2 aromatic rings. The predicted molar refractivity (Wildman–Crippen MR) is 103 cm³/mol. The van der Waals surface area contributed by atoms with Crippen LogP contribution in [-0.4, -0.2) is 59.5 Å². The van der Waals surface area contributed by atoms with Crippen LogP contribution in [0.4, 0.5) is 0 Å². The number of piperazine rings is 1. The summed E-state index contributed by atoms with van der Waals surface area (Å²) in [4.78, 5) is 25.9. The first-order valence-corrected chi connectivity index (χ1v) is 10.8. The fourth-order valence-electron chi connectivity index (χ4n) is 3.77. The maximum atomic E-state index is 13.0. The van der Waals surface area contributed by atoms with Gasteiger partial charge in [-0.15, -0.1) is 0 Å². The average molecular weight is 402 g/mol. The van der Waals surface area contributed by atoms with E-state index >= 15 is 0 Å². The summed E-state index contributed by atoms with van der Waals surface area (Å²) in [7, 11) is -2.09. The standard InChI is InChI=1S/C19H22N4O4S/c1-21-18(24)8-7-17(20-21)19(25)22-9-11-23(12-10-22)28(26,27)16-6-5-14-3-2-4-15(14)13-16/h5-8,13H,2-4,9-12H2,1H3. The minimum Gasteiger partial charge on any atom is -0.335 e. The fraction of sp³-hybridized carbons (Fsp3) is 0.421. The molecule has 0 radical (unpaired) electrons. The molecular formula is C19H22N4O4S. The zero-order chi connectivity index (χ0) is 19.9. The molecule has 28 heavy (non-hydrogen) atoms. The highest BCUT2D eigenvalue weighted by molar-refractivity contribution is 7.89. The summed E-state index contributed by atoms with van der Waals surface area (Å²) in [6, 6.07) is 8.10. The quantitative estimate of drug-likeness (QED) is 0.742. The van der Waals surface area contributed by atoms with E-state index in [-0.39, 0.29) is 43.3 Å². The number of benzene rings is 1. The summed E-state index contributed by atoms with van der Waals surface area (Å²) < 4.78 is 28.5. The lowest BCUT2D eigenvalue weighted by Crippen LogP contribution is -2.50. The molecule has 0 saturated carbocycles. The number of hydrogen-bond donors (Lipinski definition) is 0. The highest BCUT2D eigenvalue weighted by Gasteiger charge is 2.31. The zero-order valence-electron chi connectivity index (χ0n) is 15.7. The van der Waals surface area contributed by atoms with Gasteiger partial charge < -0.3 is 4.90 Å². The van der Waals surface area contributed by atoms with E-state index in [0.717, 1.165) is 29.5 Å². The van der Waals surface area contributed by atoms with Crippen LogP contribution < -0.4 is 5.56 Å². The van der Waals surface area contributed by atoms with Crippen molar-refractivity contribution in [3.63, 3.8) is 0 Å². The van der Waals surface area contributed by atoms with Crippen LogP contribution >= 0.6 is 0 Å². The van der Waals surface area contributed by atoms with Gasteiger partial charge in [0.1, 0.15) is 5.69 Å². The van der Waals surface area contributed by atoms with Gasteiger partial charge in [0.15, 0.2) is 0 Å². The largest absolute Gasteiger partial charge is 0.335 e. The molecule has 0 spiro atoms. The van der Waals surface area contributed by atoms with E-state index in [4.69, 9.17) is 0 Å². The van der Waals surface area contributed by atoms with Gasteiger partial charge in [0.25, 0.3) is 11.5 Å². The monoisotopic (exact) mass is 402 g/mol. The number of hydrogen-bond acceptors (Lipinski definition) is 5. The lowest BCUT2D eigenvalue weighted by molar-refractivity contribution is 0.0689. The molecule has 0 N–H and O–H groups in total. The minimum absolute atomic E-state index is 0.178. The van der Waals surface area contributed by atoms with Crippen molar-refractivity contribution < 1.29 is 13.2 Å². The molecule has 0 unspecified atom stereocenters. The first kappa shape index (κ1) is 18.8. The van der Waals surface area contributed by atoms with Gasteiger partial charge in [-0.05, 0) is 48.6 Å². The van der Waals surface area contributed by atoms with Crippen LogP contribution in [0.3, 0.4) is 0 Å². The van der Waals surface area contributed by atoms with E-state index in [9.17, 15) is 18.0 Å². The van der Waals surface area contributed by atoms with Crippen LogP contribution in [-0.2, 0) is 29.9 Å². The molecule has 1 aliphatic carbocycles. The Morgan fingerprint density at radius 1 is 1.00 bits per heavy atom. The van der Waals surface area contributed by atoms with Gasteiger partial charge in [-0.1, -0.05) is 6.07 Å². The molecule has 1 aliphatic heterocycles. The van der Waals surface area contributed by atoms with Crippen LogP contribution in [0.5, 0.6) is 0 Å². The summed E-state index contributed by atoms with van der Waals surface area (Å²) in [5.41, 5.74) is 2.24. The van der Waals surface area contributed by atoms with Crippen molar-refractivity contribution in [2.45, 2.75) is 24.2 Å². The Bertz CT molecular complexity index is 1090. The zero-order valence-corrected chi connectivity index (χ0v) is 16.5. The van der Waals surface area contributed by atoms with E-state index in [2.05, 4.69) is 5.10 Å². The minimum atomic E-state index is -3.58. The van der Waals surface area contributed by atoms with Gasteiger partial charge in [-0.2, -0.15) is 9.40 Å². The van der Waals surface area contributed by atoms with Gasteiger partial charge in [0.05, 0.1) is 4.90 Å². The molecular weight excluding hydrogens is 380 g/mol. The van der Waals surface area contributed by atoms with Gasteiger partial charge in [0.2, 0.25) is 10.0 Å². The van der Waals surface area contributed by atoms with Crippen LogP contribution in [0.25, 0.3) is 0 Å². The number of amides is 1. The van der Waals surface area contributed by atoms with Crippen molar-refractivity contribution in [3.05, 3.63) is 57.5 Å². The Labute approximate surface area is 163 Å². The first-order valence-electron chi connectivity index (χ1n) is 9.32. The van der Waals surface area contributed by atoms with Gasteiger partial charge >= 0.3 is 0 Å². The SMILES string of the molecule is Cn1nc(C(=O)N2CCN(S(=O)(=O)c3ccc4c(c3)CCC4)CC2)ccc1=O. The maximum absolute atomic E-state index is 13.0. The molecule has 148 valence electrons. The highest BCUT2D eigenvalue weighted by atomic mass is 32.2. The molecule has 8 nitrogen and oxygen atoms in total. The van der Waals surface area contributed by atoms with Crippen molar-refractivity contribution in [1.29, 1.82) is 0 Å². The Kier molecular flexibility index (Phi) is 4.80. The van der Waals surface area contributed by atoms with Crippen molar-refractivity contribution in [3.8, 4) is 0 Å². The van der Waals surface area contributed by atoms with Crippen LogP contribution in [0.1, 0.15) is 28.0 Å². The van der Waals surface area contributed by atoms with E-state index < -0.39 is 10.0 Å². The molecule has 9 heteroatoms. The molecule has 2 aliphatic rings. The fourth-order valence-corrected chi connectivity index (χ4v) is 5.24. The Morgan fingerprint density at radius 2 is 1.71 bits per heavy atom.